The van der Waals surface area contributed by atoms with Crippen molar-refractivity contribution in [2.24, 2.45) is 5.92 Å². The molecule has 2 aromatic rings. The Kier molecular flexibility index (Phi) is 3.19. The Morgan fingerprint density at radius 2 is 2.24 bits per heavy atom. The Hall–Kier alpha value is -1.46. The third-order valence-corrected chi connectivity index (χ3v) is 6.13. The molecule has 1 N–H and O–H groups in total. The molecule has 0 saturated carbocycles. The predicted octanol–water partition coefficient (Wildman–Crippen LogP) is 2.51. The van der Waals surface area contributed by atoms with E-state index in [9.17, 15) is 4.79 Å². The topological polar surface area (TPSA) is 45.2 Å². The lowest BCUT2D eigenvalue weighted by Gasteiger charge is -2.49. The van der Waals surface area contributed by atoms with Crippen LogP contribution in [0.5, 0.6) is 0 Å². The summed E-state index contributed by atoms with van der Waals surface area (Å²) in [6.45, 7) is 4.62. The molecule has 110 valence electrons. The van der Waals surface area contributed by atoms with Gasteiger partial charge < -0.3 is 5.32 Å². The van der Waals surface area contributed by atoms with Gasteiger partial charge in [0.15, 0.2) is 0 Å². The first-order valence-electron chi connectivity index (χ1n) is 7.61. The number of nitrogens with one attached hydrogen (secondary N) is 1. The number of amides is 1. The number of hydrogen-bond acceptors (Lipinski definition) is 4. The molecule has 2 atom stereocenters. The van der Waals surface area contributed by atoms with Crippen LogP contribution in [0, 0.1) is 5.92 Å². The lowest BCUT2D eigenvalue weighted by molar-refractivity contribution is 0.0218. The Morgan fingerprint density at radius 3 is 2.95 bits per heavy atom. The number of aromatic nitrogens is 1. The van der Waals surface area contributed by atoms with Crippen LogP contribution in [0.1, 0.15) is 29.4 Å². The summed E-state index contributed by atoms with van der Waals surface area (Å²) >= 11 is 1.55. The minimum atomic E-state index is 0.0711. The maximum Gasteiger partial charge on any atom is 0.261 e. The number of fused-ring (bicyclic) bond motifs is 4. The fourth-order valence-corrected chi connectivity index (χ4v) is 4.70. The fourth-order valence-electron chi connectivity index (χ4n) is 3.76. The molecule has 0 aromatic carbocycles. The van der Waals surface area contributed by atoms with Gasteiger partial charge in [0.05, 0.1) is 4.88 Å². The van der Waals surface area contributed by atoms with Crippen molar-refractivity contribution in [2.45, 2.75) is 31.8 Å². The van der Waals surface area contributed by atoms with E-state index in [2.05, 4.69) is 22.1 Å². The first-order chi connectivity index (χ1) is 10.2. The smallest absolute Gasteiger partial charge is 0.261 e. The number of carbonyl (C=O) groups excluding carboxylic acids is 1. The Morgan fingerprint density at radius 1 is 1.43 bits per heavy atom. The van der Waals surface area contributed by atoms with Gasteiger partial charge in [-0.05, 0) is 50.9 Å². The molecule has 0 spiro atoms. The van der Waals surface area contributed by atoms with Crippen LogP contribution in [-0.4, -0.2) is 41.0 Å². The third-order valence-electron chi connectivity index (χ3n) is 5.02. The highest BCUT2D eigenvalue weighted by molar-refractivity contribution is 7.20. The number of rotatable bonds is 2. The monoisotopic (exact) mass is 301 g/mol. The molecule has 2 bridgehead atoms. The number of piperidine rings is 3. The summed E-state index contributed by atoms with van der Waals surface area (Å²) in [5, 5.41) is 4.34. The molecular weight excluding hydrogens is 282 g/mol. The van der Waals surface area contributed by atoms with Crippen LogP contribution in [0.2, 0.25) is 0 Å². The number of pyridine rings is 1. The van der Waals surface area contributed by atoms with Gasteiger partial charge in [0, 0.05) is 34.6 Å². The molecule has 3 saturated heterocycles. The van der Waals surface area contributed by atoms with Gasteiger partial charge in [0.2, 0.25) is 0 Å². The zero-order valence-corrected chi connectivity index (χ0v) is 12.9. The van der Waals surface area contributed by atoms with Gasteiger partial charge in [0.25, 0.3) is 5.91 Å². The Labute approximate surface area is 128 Å². The van der Waals surface area contributed by atoms with Crippen molar-refractivity contribution >= 4 is 27.3 Å². The molecule has 21 heavy (non-hydrogen) atoms. The van der Waals surface area contributed by atoms with E-state index >= 15 is 0 Å². The van der Waals surface area contributed by atoms with E-state index in [-0.39, 0.29) is 5.91 Å². The average molecular weight is 301 g/mol. The van der Waals surface area contributed by atoms with Gasteiger partial charge in [-0.2, -0.15) is 0 Å². The zero-order valence-electron chi connectivity index (χ0n) is 12.1. The summed E-state index contributed by atoms with van der Waals surface area (Å²) in [4.78, 5) is 20.0. The van der Waals surface area contributed by atoms with Crippen LogP contribution in [-0.2, 0) is 0 Å². The number of nitrogens with zero attached hydrogens (tertiary/aromatic N) is 2. The number of hydrogen-bond donors (Lipinski definition) is 1. The van der Waals surface area contributed by atoms with Crippen molar-refractivity contribution < 1.29 is 4.79 Å². The highest BCUT2D eigenvalue weighted by Gasteiger charge is 2.40. The Balaban J connectivity index is 1.55. The Bertz CT molecular complexity index is 640. The predicted molar refractivity (Wildman–Crippen MR) is 84.6 cm³/mol. The van der Waals surface area contributed by atoms with Crippen molar-refractivity contribution in [3.8, 4) is 0 Å². The molecule has 1 amide bonds. The molecule has 3 aliphatic heterocycles. The molecule has 5 heterocycles. The van der Waals surface area contributed by atoms with Crippen LogP contribution in [0.3, 0.4) is 0 Å². The first kappa shape index (κ1) is 13.2. The molecule has 4 nitrogen and oxygen atoms in total. The van der Waals surface area contributed by atoms with Crippen molar-refractivity contribution in [1.82, 2.24) is 15.2 Å². The molecule has 5 heteroatoms. The SMILES string of the molecule is CC1C(NC(=O)c2cc3cnccc3s2)C2CCN1CC2. The second-order valence-corrected chi connectivity index (χ2v) is 7.22. The molecule has 2 aromatic heterocycles. The summed E-state index contributed by atoms with van der Waals surface area (Å²) in [5.41, 5.74) is 0. The lowest BCUT2D eigenvalue weighted by Crippen LogP contribution is -2.62. The van der Waals surface area contributed by atoms with Gasteiger partial charge in [-0.1, -0.05) is 0 Å². The van der Waals surface area contributed by atoms with Gasteiger partial charge in [-0.25, -0.2) is 0 Å². The highest BCUT2D eigenvalue weighted by Crippen LogP contribution is 2.32. The molecule has 0 aliphatic carbocycles. The van der Waals surface area contributed by atoms with Crippen LogP contribution < -0.4 is 5.32 Å². The number of thiophene rings is 1. The third kappa shape index (κ3) is 2.24. The summed E-state index contributed by atoms with van der Waals surface area (Å²) in [6.07, 6.45) is 6.02. The van der Waals surface area contributed by atoms with Crippen molar-refractivity contribution in [1.29, 1.82) is 0 Å². The van der Waals surface area contributed by atoms with Crippen molar-refractivity contribution in [3.05, 3.63) is 29.4 Å². The number of carbonyl (C=O) groups is 1. The zero-order chi connectivity index (χ0) is 14.4. The minimum Gasteiger partial charge on any atom is -0.347 e. The standard InChI is InChI=1S/C16H19N3OS/c1-10-15(11-3-6-19(10)7-4-11)18-16(20)14-8-12-9-17-5-2-13(12)21-14/h2,5,8-11,15H,3-4,6-7H2,1H3,(H,18,20). The van der Waals surface area contributed by atoms with E-state index in [0.717, 1.165) is 15.0 Å². The largest absolute Gasteiger partial charge is 0.347 e. The average Bonchev–Trinajstić information content (AvgIpc) is 2.95. The molecule has 2 unspecified atom stereocenters. The van der Waals surface area contributed by atoms with E-state index in [1.54, 1.807) is 17.5 Å². The van der Waals surface area contributed by atoms with Crippen LogP contribution in [0.4, 0.5) is 0 Å². The first-order valence-corrected chi connectivity index (χ1v) is 8.42. The molecule has 3 fully saturated rings. The summed E-state index contributed by atoms with van der Waals surface area (Å²) in [7, 11) is 0. The minimum absolute atomic E-state index is 0.0711. The summed E-state index contributed by atoms with van der Waals surface area (Å²) < 4.78 is 1.12. The van der Waals surface area contributed by atoms with Gasteiger partial charge in [-0.3, -0.25) is 14.7 Å². The quantitative estimate of drug-likeness (QED) is 0.927. The molecular formula is C16H19N3OS. The normalized spacial score (nSPS) is 31.5. The molecule has 3 aliphatic rings. The van der Waals surface area contributed by atoms with Gasteiger partial charge >= 0.3 is 0 Å². The maximum absolute atomic E-state index is 12.6. The molecule has 0 radical (unpaired) electrons. The van der Waals surface area contributed by atoms with E-state index in [0.29, 0.717) is 18.0 Å². The highest BCUT2D eigenvalue weighted by atomic mass is 32.1. The van der Waals surface area contributed by atoms with E-state index in [4.69, 9.17) is 0 Å². The van der Waals surface area contributed by atoms with Crippen LogP contribution in [0.15, 0.2) is 24.5 Å². The second-order valence-electron chi connectivity index (χ2n) is 6.14. The van der Waals surface area contributed by atoms with Gasteiger partial charge in [0.1, 0.15) is 0 Å². The van der Waals surface area contributed by atoms with Crippen molar-refractivity contribution in [3.63, 3.8) is 0 Å². The second kappa shape index (κ2) is 5.07. The van der Waals surface area contributed by atoms with Gasteiger partial charge in [-0.15, -0.1) is 11.3 Å². The van der Waals surface area contributed by atoms with Crippen molar-refractivity contribution in [2.75, 3.05) is 13.1 Å². The van der Waals surface area contributed by atoms with Crippen LogP contribution >= 0.6 is 11.3 Å². The van der Waals surface area contributed by atoms with E-state index < -0.39 is 0 Å². The van der Waals surface area contributed by atoms with E-state index in [1.807, 2.05) is 18.3 Å². The lowest BCUT2D eigenvalue weighted by atomic mass is 9.79. The summed E-state index contributed by atoms with van der Waals surface area (Å²) in [6, 6.07) is 4.67. The summed E-state index contributed by atoms with van der Waals surface area (Å²) in [5.74, 6) is 0.715. The maximum atomic E-state index is 12.6. The molecule has 5 rings (SSSR count). The fraction of sp³-hybridized carbons (Fsp3) is 0.500. The van der Waals surface area contributed by atoms with E-state index in [1.165, 1.54) is 25.9 Å². The van der Waals surface area contributed by atoms with Crippen LogP contribution in [0.25, 0.3) is 10.1 Å².